The van der Waals surface area contributed by atoms with Crippen LogP contribution in [0.3, 0.4) is 0 Å². The zero-order valence-electron chi connectivity index (χ0n) is 15.4. The Morgan fingerprint density at radius 3 is 2.39 bits per heavy atom. The molecule has 0 bridgehead atoms. The van der Waals surface area contributed by atoms with Crippen LogP contribution >= 0.6 is 11.6 Å². The van der Waals surface area contributed by atoms with Gasteiger partial charge in [0.1, 0.15) is 11.6 Å². The van der Waals surface area contributed by atoms with E-state index in [0.29, 0.717) is 29.2 Å². The summed E-state index contributed by atoms with van der Waals surface area (Å²) in [4.78, 5) is 4.39. The van der Waals surface area contributed by atoms with Crippen LogP contribution in [0.25, 0.3) is 10.9 Å². The molecular formula is C22H22ClF2N3. The molecule has 1 saturated carbocycles. The predicted molar refractivity (Wildman–Crippen MR) is 110 cm³/mol. The molecular weight excluding hydrogens is 380 g/mol. The third-order valence-electron chi connectivity index (χ3n) is 5.31. The van der Waals surface area contributed by atoms with Crippen molar-refractivity contribution in [2.45, 2.75) is 44.3 Å². The van der Waals surface area contributed by atoms with Gasteiger partial charge in [-0.15, -0.1) is 0 Å². The van der Waals surface area contributed by atoms with E-state index in [9.17, 15) is 8.78 Å². The molecule has 1 fully saturated rings. The number of nitrogens with zero attached hydrogens (tertiary/aromatic N) is 1. The number of aromatic nitrogens is 1. The van der Waals surface area contributed by atoms with Gasteiger partial charge in [0.05, 0.1) is 5.52 Å². The average Bonchev–Trinajstić information content (AvgIpc) is 2.67. The maximum Gasteiger partial charge on any atom is 0.126 e. The predicted octanol–water partition coefficient (Wildman–Crippen LogP) is 5.68. The van der Waals surface area contributed by atoms with Crippen molar-refractivity contribution in [2.24, 2.45) is 0 Å². The van der Waals surface area contributed by atoms with Crippen LogP contribution in [0, 0.1) is 11.6 Å². The van der Waals surface area contributed by atoms with Gasteiger partial charge < -0.3 is 10.6 Å². The molecule has 2 N–H and O–H groups in total. The van der Waals surface area contributed by atoms with Crippen molar-refractivity contribution in [3.05, 3.63) is 70.9 Å². The quantitative estimate of drug-likeness (QED) is 0.577. The van der Waals surface area contributed by atoms with E-state index in [2.05, 4.69) is 15.6 Å². The van der Waals surface area contributed by atoms with Crippen molar-refractivity contribution in [1.82, 2.24) is 10.3 Å². The highest BCUT2D eigenvalue weighted by Crippen LogP contribution is 2.28. The van der Waals surface area contributed by atoms with Crippen LogP contribution in [0.5, 0.6) is 0 Å². The first-order valence-corrected chi connectivity index (χ1v) is 9.94. The van der Waals surface area contributed by atoms with Crippen LogP contribution in [0.4, 0.5) is 14.5 Å². The minimum Gasteiger partial charge on any atom is -0.382 e. The Morgan fingerprint density at radius 1 is 0.929 bits per heavy atom. The zero-order valence-corrected chi connectivity index (χ0v) is 16.1. The largest absolute Gasteiger partial charge is 0.382 e. The number of nitrogens with one attached hydrogen (secondary N) is 2. The van der Waals surface area contributed by atoms with Gasteiger partial charge >= 0.3 is 0 Å². The van der Waals surface area contributed by atoms with Gasteiger partial charge in [0.25, 0.3) is 0 Å². The van der Waals surface area contributed by atoms with Crippen molar-refractivity contribution in [3.63, 3.8) is 0 Å². The molecule has 146 valence electrons. The summed E-state index contributed by atoms with van der Waals surface area (Å²) in [5, 5.41) is 8.82. The highest BCUT2D eigenvalue weighted by Gasteiger charge is 2.21. The standard InChI is InChI=1S/C22H22ClF2N3/c23-15-1-6-20-21(7-8-26-22(20)11-15)28-19-4-2-18(3-5-19)27-13-14-9-16(24)12-17(25)10-14/h1,6-12,18-19,27H,2-5,13H2,(H,26,28). The topological polar surface area (TPSA) is 37.0 Å². The zero-order chi connectivity index (χ0) is 19.5. The second-order valence-electron chi connectivity index (χ2n) is 7.37. The van der Waals surface area contributed by atoms with Crippen molar-refractivity contribution in [3.8, 4) is 0 Å². The van der Waals surface area contributed by atoms with Crippen molar-refractivity contribution in [1.29, 1.82) is 0 Å². The van der Waals surface area contributed by atoms with Crippen molar-refractivity contribution >= 4 is 28.2 Å². The van der Waals surface area contributed by atoms with Crippen LogP contribution in [0.15, 0.2) is 48.7 Å². The molecule has 28 heavy (non-hydrogen) atoms. The average molecular weight is 402 g/mol. The highest BCUT2D eigenvalue weighted by molar-refractivity contribution is 6.31. The van der Waals surface area contributed by atoms with Gasteiger partial charge in [-0.3, -0.25) is 4.98 Å². The summed E-state index contributed by atoms with van der Waals surface area (Å²) in [5.74, 6) is -1.06. The number of halogens is 3. The SMILES string of the molecule is Fc1cc(F)cc(CNC2CCC(Nc3ccnc4cc(Cl)ccc34)CC2)c1. The fourth-order valence-electron chi connectivity index (χ4n) is 3.88. The summed E-state index contributed by atoms with van der Waals surface area (Å²) in [6.45, 7) is 0.479. The molecule has 3 aromatic rings. The smallest absolute Gasteiger partial charge is 0.126 e. The molecule has 1 heterocycles. The van der Waals surface area contributed by atoms with Crippen LogP contribution < -0.4 is 10.6 Å². The molecule has 1 aliphatic carbocycles. The molecule has 0 amide bonds. The van der Waals surface area contributed by atoms with Crippen LogP contribution in [0.1, 0.15) is 31.2 Å². The lowest BCUT2D eigenvalue weighted by molar-refractivity contribution is 0.352. The Morgan fingerprint density at radius 2 is 1.64 bits per heavy atom. The van der Waals surface area contributed by atoms with E-state index in [4.69, 9.17) is 11.6 Å². The molecule has 4 rings (SSSR count). The Kier molecular flexibility index (Phi) is 5.74. The molecule has 0 radical (unpaired) electrons. The maximum atomic E-state index is 13.3. The van der Waals surface area contributed by atoms with Gasteiger partial charge in [0.15, 0.2) is 0 Å². The summed E-state index contributed by atoms with van der Waals surface area (Å²) in [5.41, 5.74) is 2.60. The van der Waals surface area contributed by atoms with E-state index >= 15 is 0 Å². The summed E-state index contributed by atoms with van der Waals surface area (Å²) < 4.78 is 26.6. The molecule has 0 saturated heterocycles. The van der Waals surface area contributed by atoms with Gasteiger partial charge in [-0.25, -0.2) is 8.78 Å². The lowest BCUT2D eigenvalue weighted by atomic mass is 9.90. The summed E-state index contributed by atoms with van der Waals surface area (Å²) in [7, 11) is 0. The first-order valence-electron chi connectivity index (χ1n) is 9.56. The first kappa shape index (κ1) is 19.1. The van der Waals surface area contributed by atoms with Crippen LogP contribution in [-0.4, -0.2) is 17.1 Å². The highest BCUT2D eigenvalue weighted by atomic mass is 35.5. The summed E-state index contributed by atoms with van der Waals surface area (Å²) in [6, 6.07) is 12.2. The number of hydrogen-bond acceptors (Lipinski definition) is 3. The third kappa shape index (κ3) is 4.59. The Balaban J connectivity index is 1.32. The van der Waals surface area contributed by atoms with E-state index < -0.39 is 11.6 Å². The van der Waals surface area contributed by atoms with Gasteiger partial charge in [-0.05, 0) is 67.6 Å². The molecule has 0 unspecified atom stereocenters. The number of benzene rings is 2. The van der Waals surface area contributed by atoms with Crippen molar-refractivity contribution < 1.29 is 8.78 Å². The number of rotatable bonds is 5. The molecule has 0 atom stereocenters. The minimum absolute atomic E-state index is 0.359. The Hall–Kier alpha value is -2.24. The molecule has 0 spiro atoms. The molecule has 2 aromatic carbocycles. The number of fused-ring (bicyclic) bond motifs is 1. The molecule has 1 aromatic heterocycles. The monoisotopic (exact) mass is 401 g/mol. The fourth-order valence-corrected chi connectivity index (χ4v) is 4.05. The lowest BCUT2D eigenvalue weighted by Crippen LogP contribution is -2.36. The third-order valence-corrected chi connectivity index (χ3v) is 5.54. The molecule has 6 heteroatoms. The number of pyridine rings is 1. The van der Waals surface area contributed by atoms with E-state index in [1.54, 1.807) is 6.20 Å². The second-order valence-corrected chi connectivity index (χ2v) is 7.81. The lowest BCUT2D eigenvalue weighted by Gasteiger charge is -2.30. The van der Waals surface area contributed by atoms with Gasteiger partial charge in [0, 0.05) is 47.0 Å². The summed E-state index contributed by atoms with van der Waals surface area (Å²) >= 11 is 6.06. The Bertz CT molecular complexity index is 951. The Labute approximate surface area is 168 Å². The molecule has 0 aliphatic heterocycles. The molecule has 3 nitrogen and oxygen atoms in total. The fraction of sp³-hybridized carbons (Fsp3) is 0.318. The normalized spacial score (nSPS) is 19.7. The summed E-state index contributed by atoms with van der Waals surface area (Å²) in [6.07, 6.45) is 5.90. The minimum atomic E-state index is -0.532. The van der Waals surface area contributed by atoms with E-state index in [-0.39, 0.29) is 0 Å². The second kappa shape index (κ2) is 8.41. The van der Waals surface area contributed by atoms with Gasteiger partial charge in [-0.2, -0.15) is 0 Å². The van der Waals surface area contributed by atoms with E-state index in [0.717, 1.165) is 48.3 Å². The molecule has 1 aliphatic rings. The number of hydrogen-bond donors (Lipinski definition) is 2. The van der Waals surface area contributed by atoms with Gasteiger partial charge in [-0.1, -0.05) is 11.6 Å². The first-order chi connectivity index (χ1) is 13.6. The van der Waals surface area contributed by atoms with Gasteiger partial charge in [0.2, 0.25) is 0 Å². The van der Waals surface area contributed by atoms with Crippen LogP contribution in [-0.2, 0) is 6.54 Å². The van der Waals surface area contributed by atoms with E-state index in [1.807, 2.05) is 24.3 Å². The van der Waals surface area contributed by atoms with Crippen molar-refractivity contribution in [2.75, 3.05) is 5.32 Å². The number of anilines is 1. The maximum absolute atomic E-state index is 13.3. The van der Waals surface area contributed by atoms with E-state index in [1.165, 1.54) is 12.1 Å². The van der Waals surface area contributed by atoms with Crippen LogP contribution in [0.2, 0.25) is 5.02 Å².